The van der Waals surface area contributed by atoms with Crippen LogP contribution < -0.4 is 10.6 Å². The minimum absolute atomic E-state index is 0.0864. The van der Waals surface area contributed by atoms with Crippen molar-refractivity contribution >= 4 is 17.5 Å². The molecule has 2 rings (SSSR count). The zero-order valence-electron chi connectivity index (χ0n) is 13.7. The molecule has 0 fully saturated rings. The van der Waals surface area contributed by atoms with Gasteiger partial charge < -0.3 is 10.6 Å². The molecule has 0 saturated heterocycles. The van der Waals surface area contributed by atoms with Gasteiger partial charge in [0.1, 0.15) is 0 Å². The van der Waals surface area contributed by atoms with Gasteiger partial charge in [-0.2, -0.15) is 0 Å². The van der Waals surface area contributed by atoms with Crippen molar-refractivity contribution < 1.29 is 9.59 Å². The molecule has 2 aromatic rings. The van der Waals surface area contributed by atoms with Gasteiger partial charge in [-0.1, -0.05) is 36.8 Å². The summed E-state index contributed by atoms with van der Waals surface area (Å²) in [6, 6.07) is 14.4. The van der Waals surface area contributed by atoms with Crippen LogP contribution in [0, 0.1) is 6.92 Å². The second kappa shape index (κ2) is 7.58. The van der Waals surface area contributed by atoms with Gasteiger partial charge in [-0.25, -0.2) is 0 Å². The average molecular weight is 310 g/mol. The minimum atomic E-state index is -0.228. The van der Waals surface area contributed by atoms with Crippen molar-refractivity contribution in [1.29, 1.82) is 0 Å². The molecule has 0 aromatic heterocycles. The van der Waals surface area contributed by atoms with Gasteiger partial charge in [0.25, 0.3) is 11.8 Å². The van der Waals surface area contributed by atoms with E-state index in [0.29, 0.717) is 16.8 Å². The van der Waals surface area contributed by atoms with E-state index in [1.54, 1.807) is 36.4 Å². The summed E-state index contributed by atoms with van der Waals surface area (Å²) in [5, 5.41) is 5.74. The maximum Gasteiger partial charge on any atom is 0.255 e. The van der Waals surface area contributed by atoms with Crippen molar-refractivity contribution in [2.75, 3.05) is 5.32 Å². The molecule has 0 heterocycles. The number of hydrogen-bond donors (Lipinski definition) is 2. The lowest BCUT2D eigenvalue weighted by atomic mass is 10.1. The topological polar surface area (TPSA) is 58.2 Å². The summed E-state index contributed by atoms with van der Waals surface area (Å²) in [4.78, 5) is 24.7. The molecule has 4 heteroatoms. The number of carbonyl (C=O) groups is 2. The predicted octanol–water partition coefficient (Wildman–Crippen LogP) is 3.78. The Kier molecular flexibility index (Phi) is 5.52. The first-order valence-corrected chi connectivity index (χ1v) is 7.79. The zero-order valence-corrected chi connectivity index (χ0v) is 13.7. The second-order valence-electron chi connectivity index (χ2n) is 5.65. The van der Waals surface area contributed by atoms with Crippen LogP contribution in [0.15, 0.2) is 48.5 Å². The number of amides is 2. The van der Waals surface area contributed by atoms with Crippen LogP contribution in [-0.4, -0.2) is 17.9 Å². The normalized spacial score (nSPS) is 11.6. The Morgan fingerprint density at radius 3 is 2.30 bits per heavy atom. The Morgan fingerprint density at radius 1 is 1.00 bits per heavy atom. The number of rotatable bonds is 5. The van der Waals surface area contributed by atoms with Gasteiger partial charge in [-0.3, -0.25) is 9.59 Å². The molecular weight excluding hydrogens is 288 g/mol. The van der Waals surface area contributed by atoms with Crippen LogP contribution in [0.4, 0.5) is 5.69 Å². The number of anilines is 1. The summed E-state index contributed by atoms with van der Waals surface area (Å²) < 4.78 is 0. The molecule has 0 aliphatic heterocycles. The molecule has 2 aromatic carbocycles. The Labute approximate surface area is 136 Å². The van der Waals surface area contributed by atoms with E-state index in [1.165, 1.54) is 0 Å². The number of aryl methyl sites for hydroxylation is 1. The molecular formula is C19H22N2O2. The molecule has 0 bridgehead atoms. The fourth-order valence-corrected chi connectivity index (χ4v) is 2.09. The minimum Gasteiger partial charge on any atom is -0.350 e. The smallest absolute Gasteiger partial charge is 0.255 e. The largest absolute Gasteiger partial charge is 0.350 e. The molecule has 0 radical (unpaired) electrons. The maximum atomic E-state index is 12.3. The average Bonchev–Trinajstić information content (AvgIpc) is 2.55. The summed E-state index contributed by atoms with van der Waals surface area (Å²) in [7, 11) is 0. The van der Waals surface area contributed by atoms with Crippen LogP contribution in [0.1, 0.15) is 46.5 Å². The van der Waals surface area contributed by atoms with Crippen LogP contribution in [0.25, 0.3) is 0 Å². The van der Waals surface area contributed by atoms with E-state index in [4.69, 9.17) is 0 Å². The summed E-state index contributed by atoms with van der Waals surface area (Å²) >= 11 is 0. The fraction of sp³-hybridized carbons (Fsp3) is 0.263. The highest BCUT2D eigenvalue weighted by Crippen LogP contribution is 2.17. The van der Waals surface area contributed by atoms with E-state index in [0.717, 1.165) is 12.0 Å². The standard InChI is InChI=1S/C19H22N2O2/c1-4-14(3)20-19(23)16-7-5-6-8-17(16)21-18(22)15-11-9-13(2)10-12-15/h5-12,14H,4H2,1-3H3,(H,20,23)(H,21,22). The molecule has 1 unspecified atom stereocenters. The Bertz CT molecular complexity index is 693. The van der Waals surface area contributed by atoms with Gasteiger partial charge in [0.15, 0.2) is 0 Å². The van der Waals surface area contributed by atoms with Crippen molar-refractivity contribution in [1.82, 2.24) is 5.32 Å². The molecule has 0 spiro atoms. The van der Waals surface area contributed by atoms with Crippen molar-refractivity contribution in [2.24, 2.45) is 0 Å². The third-order valence-electron chi connectivity index (χ3n) is 3.72. The molecule has 23 heavy (non-hydrogen) atoms. The van der Waals surface area contributed by atoms with Gasteiger partial charge in [0, 0.05) is 11.6 Å². The molecule has 1 atom stereocenters. The van der Waals surface area contributed by atoms with E-state index in [-0.39, 0.29) is 17.9 Å². The van der Waals surface area contributed by atoms with Gasteiger partial charge in [-0.05, 0) is 44.5 Å². The van der Waals surface area contributed by atoms with Crippen LogP contribution >= 0.6 is 0 Å². The summed E-state index contributed by atoms with van der Waals surface area (Å²) in [5.41, 5.74) is 2.63. The monoisotopic (exact) mass is 310 g/mol. The number of carbonyl (C=O) groups excluding carboxylic acids is 2. The molecule has 0 saturated carbocycles. The Balaban J connectivity index is 2.18. The number of hydrogen-bond acceptors (Lipinski definition) is 2. The Hall–Kier alpha value is -2.62. The van der Waals surface area contributed by atoms with Gasteiger partial charge >= 0.3 is 0 Å². The highest BCUT2D eigenvalue weighted by Gasteiger charge is 2.15. The van der Waals surface area contributed by atoms with E-state index in [1.807, 2.05) is 32.9 Å². The van der Waals surface area contributed by atoms with Gasteiger partial charge in [0.2, 0.25) is 0 Å². The van der Waals surface area contributed by atoms with Crippen LogP contribution in [0.2, 0.25) is 0 Å². The van der Waals surface area contributed by atoms with Crippen LogP contribution in [-0.2, 0) is 0 Å². The number of para-hydroxylation sites is 1. The first-order chi connectivity index (χ1) is 11.0. The van der Waals surface area contributed by atoms with E-state index < -0.39 is 0 Å². The van der Waals surface area contributed by atoms with Crippen molar-refractivity contribution in [3.63, 3.8) is 0 Å². The number of nitrogens with one attached hydrogen (secondary N) is 2. The molecule has 0 aliphatic rings. The molecule has 4 nitrogen and oxygen atoms in total. The summed E-state index contributed by atoms with van der Waals surface area (Å²) in [6.45, 7) is 5.93. The first-order valence-electron chi connectivity index (χ1n) is 7.79. The molecule has 0 aliphatic carbocycles. The maximum absolute atomic E-state index is 12.3. The predicted molar refractivity (Wildman–Crippen MR) is 92.8 cm³/mol. The quantitative estimate of drug-likeness (QED) is 0.883. The van der Waals surface area contributed by atoms with Crippen molar-refractivity contribution in [3.05, 3.63) is 65.2 Å². The lowest BCUT2D eigenvalue weighted by Crippen LogP contribution is -2.32. The first kappa shape index (κ1) is 16.7. The SMILES string of the molecule is CCC(C)NC(=O)c1ccccc1NC(=O)c1ccc(C)cc1. The third-order valence-corrected chi connectivity index (χ3v) is 3.72. The van der Waals surface area contributed by atoms with Crippen LogP contribution in [0.3, 0.4) is 0 Å². The van der Waals surface area contributed by atoms with Gasteiger partial charge in [-0.15, -0.1) is 0 Å². The van der Waals surface area contributed by atoms with Crippen molar-refractivity contribution in [2.45, 2.75) is 33.2 Å². The lowest BCUT2D eigenvalue weighted by molar-refractivity contribution is 0.0940. The fourth-order valence-electron chi connectivity index (χ4n) is 2.09. The highest BCUT2D eigenvalue weighted by atomic mass is 16.2. The second-order valence-corrected chi connectivity index (χ2v) is 5.65. The lowest BCUT2D eigenvalue weighted by Gasteiger charge is -2.14. The van der Waals surface area contributed by atoms with E-state index >= 15 is 0 Å². The molecule has 2 N–H and O–H groups in total. The molecule has 2 amide bonds. The Morgan fingerprint density at radius 2 is 1.65 bits per heavy atom. The van der Waals surface area contributed by atoms with Gasteiger partial charge in [0.05, 0.1) is 11.3 Å². The highest BCUT2D eigenvalue weighted by molar-refractivity contribution is 6.09. The summed E-state index contributed by atoms with van der Waals surface area (Å²) in [5.74, 6) is -0.409. The van der Waals surface area contributed by atoms with E-state index in [9.17, 15) is 9.59 Å². The summed E-state index contributed by atoms with van der Waals surface area (Å²) in [6.07, 6.45) is 0.851. The van der Waals surface area contributed by atoms with Crippen LogP contribution in [0.5, 0.6) is 0 Å². The zero-order chi connectivity index (χ0) is 16.8. The third kappa shape index (κ3) is 4.42. The van der Waals surface area contributed by atoms with Crippen molar-refractivity contribution in [3.8, 4) is 0 Å². The number of benzene rings is 2. The molecule has 120 valence electrons. The van der Waals surface area contributed by atoms with E-state index in [2.05, 4.69) is 10.6 Å².